The van der Waals surface area contributed by atoms with Gasteiger partial charge in [0, 0.05) is 0 Å². The topological polar surface area (TPSA) is 45.9 Å². The molecule has 0 amide bonds. The Balaban J connectivity index is 2.85. The lowest BCUT2D eigenvalue weighted by molar-refractivity contribution is -0.234. The highest BCUT2D eigenvalue weighted by Crippen LogP contribution is 2.33. The van der Waals surface area contributed by atoms with E-state index in [4.69, 9.17) is 10.00 Å². The molecule has 1 aromatic rings. The summed E-state index contributed by atoms with van der Waals surface area (Å²) in [5.41, 5.74) is -2.17. The summed E-state index contributed by atoms with van der Waals surface area (Å²) in [7, 11) is 0. The summed E-state index contributed by atoms with van der Waals surface area (Å²) in [6.07, 6.45) is -3.38. The highest BCUT2D eigenvalue weighted by atomic mass is 19.4. The Bertz CT molecular complexity index is 404. The maximum absolute atomic E-state index is 12.5. The molecular formula is C10H9F3N2O. The molecule has 6 heteroatoms. The van der Waals surface area contributed by atoms with Crippen LogP contribution in [0.15, 0.2) is 18.3 Å². The van der Waals surface area contributed by atoms with Gasteiger partial charge in [-0.3, -0.25) is 0 Å². The molecule has 0 unspecified atom stereocenters. The van der Waals surface area contributed by atoms with Crippen LogP contribution < -0.4 is 4.74 Å². The first-order valence-corrected chi connectivity index (χ1v) is 4.38. The zero-order chi connectivity index (χ0) is 12.4. The van der Waals surface area contributed by atoms with Crippen molar-refractivity contribution in [3.63, 3.8) is 0 Å². The minimum Gasteiger partial charge on any atom is -0.477 e. The molecule has 0 fully saturated rings. The number of hydrogen-bond acceptors (Lipinski definition) is 3. The lowest BCUT2D eigenvalue weighted by Gasteiger charge is -2.28. The molecule has 0 aliphatic rings. The molecule has 0 aliphatic heterocycles. The molecule has 0 aromatic carbocycles. The third-order valence-electron chi connectivity index (χ3n) is 1.91. The second kappa shape index (κ2) is 4.00. The van der Waals surface area contributed by atoms with Crippen LogP contribution in [0.2, 0.25) is 0 Å². The number of alkyl halides is 3. The largest absolute Gasteiger partial charge is 0.477 e. The van der Waals surface area contributed by atoms with E-state index in [9.17, 15) is 13.2 Å². The minimum atomic E-state index is -4.47. The first-order chi connectivity index (χ1) is 7.26. The summed E-state index contributed by atoms with van der Waals surface area (Å²) in [4.78, 5) is 3.61. The number of ether oxygens (including phenoxy) is 1. The summed E-state index contributed by atoms with van der Waals surface area (Å²) in [5, 5.41) is 8.46. The van der Waals surface area contributed by atoms with E-state index in [0.717, 1.165) is 20.0 Å². The van der Waals surface area contributed by atoms with Crippen molar-refractivity contribution in [2.75, 3.05) is 0 Å². The molecule has 0 spiro atoms. The maximum Gasteiger partial charge on any atom is 0.427 e. The standard InChI is InChI=1S/C10H9F3N2O/c1-9(2,10(11,12)13)16-8-4-3-7(5-14)15-6-8/h3-4,6H,1-2H3. The van der Waals surface area contributed by atoms with E-state index in [1.807, 2.05) is 0 Å². The van der Waals surface area contributed by atoms with Crippen LogP contribution >= 0.6 is 0 Å². The van der Waals surface area contributed by atoms with Crippen molar-refractivity contribution in [1.29, 1.82) is 5.26 Å². The Hall–Kier alpha value is -1.77. The summed E-state index contributed by atoms with van der Waals surface area (Å²) < 4.78 is 42.2. The summed E-state index contributed by atoms with van der Waals surface area (Å²) in [5.74, 6) is -0.0266. The minimum absolute atomic E-state index is 0.0266. The Labute approximate surface area is 90.5 Å². The van der Waals surface area contributed by atoms with Crippen LogP contribution in [0.3, 0.4) is 0 Å². The fourth-order valence-corrected chi connectivity index (χ4v) is 0.859. The van der Waals surface area contributed by atoms with Crippen molar-refractivity contribution in [3.05, 3.63) is 24.0 Å². The van der Waals surface area contributed by atoms with Crippen molar-refractivity contribution >= 4 is 0 Å². The van der Waals surface area contributed by atoms with E-state index in [0.29, 0.717) is 0 Å². The third-order valence-corrected chi connectivity index (χ3v) is 1.91. The van der Waals surface area contributed by atoms with Gasteiger partial charge in [-0.2, -0.15) is 18.4 Å². The number of aromatic nitrogens is 1. The van der Waals surface area contributed by atoms with Gasteiger partial charge < -0.3 is 4.74 Å². The second-order valence-corrected chi connectivity index (χ2v) is 3.60. The van der Waals surface area contributed by atoms with E-state index in [1.165, 1.54) is 12.1 Å². The van der Waals surface area contributed by atoms with E-state index < -0.39 is 11.8 Å². The lowest BCUT2D eigenvalue weighted by atomic mass is 10.1. The van der Waals surface area contributed by atoms with Gasteiger partial charge in [-0.15, -0.1) is 0 Å². The van der Waals surface area contributed by atoms with Crippen LogP contribution in [0.1, 0.15) is 19.5 Å². The average molecular weight is 230 g/mol. The predicted molar refractivity (Wildman–Crippen MR) is 49.7 cm³/mol. The van der Waals surface area contributed by atoms with Crippen LogP contribution in [-0.2, 0) is 0 Å². The van der Waals surface area contributed by atoms with Crippen molar-refractivity contribution in [1.82, 2.24) is 4.98 Å². The third kappa shape index (κ3) is 2.63. The molecule has 3 nitrogen and oxygen atoms in total. The van der Waals surface area contributed by atoms with Gasteiger partial charge in [-0.25, -0.2) is 4.98 Å². The number of hydrogen-bond donors (Lipinski definition) is 0. The first kappa shape index (κ1) is 12.3. The van der Waals surface area contributed by atoms with Crippen LogP contribution in [0.25, 0.3) is 0 Å². The molecule has 0 N–H and O–H groups in total. The molecule has 0 bridgehead atoms. The normalized spacial score (nSPS) is 12.0. The van der Waals surface area contributed by atoms with Gasteiger partial charge in [0.05, 0.1) is 6.20 Å². The average Bonchev–Trinajstić information content (AvgIpc) is 2.16. The smallest absolute Gasteiger partial charge is 0.427 e. The van der Waals surface area contributed by atoms with Crippen molar-refractivity contribution in [2.45, 2.75) is 25.6 Å². The molecule has 0 radical (unpaired) electrons. The summed E-state index contributed by atoms with van der Waals surface area (Å²) in [6.45, 7) is 1.84. The van der Waals surface area contributed by atoms with E-state index in [-0.39, 0.29) is 11.4 Å². The molecule has 16 heavy (non-hydrogen) atoms. The van der Waals surface area contributed by atoms with E-state index in [2.05, 4.69) is 4.98 Å². The van der Waals surface area contributed by atoms with Crippen molar-refractivity contribution in [3.8, 4) is 11.8 Å². The van der Waals surface area contributed by atoms with Crippen molar-refractivity contribution in [2.24, 2.45) is 0 Å². The number of nitrogens with zero attached hydrogens (tertiary/aromatic N) is 2. The molecule has 1 rings (SSSR count). The highest BCUT2D eigenvalue weighted by molar-refractivity contribution is 5.27. The monoisotopic (exact) mass is 230 g/mol. The van der Waals surface area contributed by atoms with Gasteiger partial charge in [0.2, 0.25) is 0 Å². The zero-order valence-electron chi connectivity index (χ0n) is 8.67. The molecule has 1 aromatic heterocycles. The summed E-state index contributed by atoms with van der Waals surface area (Å²) >= 11 is 0. The Morgan fingerprint density at radius 2 is 1.94 bits per heavy atom. The highest BCUT2D eigenvalue weighted by Gasteiger charge is 2.49. The van der Waals surface area contributed by atoms with Crippen LogP contribution in [-0.4, -0.2) is 16.8 Å². The van der Waals surface area contributed by atoms with Gasteiger partial charge in [0.15, 0.2) is 5.60 Å². The Kier molecular flexibility index (Phi) is 3.08. The molecule has 0 atom stereocenters. The Morgan fingerprint density at radius 3 is 2.31 bits per heavy atom. The SMILES string of the molecule is CC(C)(Oc1ccc(C#N)nc1)C(F)(F)F. The van der Waals surface area contributed by atoms with Gasteiger partial charge >= 0.3 is 6.18 Å². The fourth-order valence-electron chi connectivity index (χ4n) is 0.859. The number of rotatable bonds is 2. The van der Waals surface area contributed by atoms with Crippen LogP contribution in [0.4, 0.5) is 13.2 Å². The Morgan fingerprint density at radius 1 is 1.31 bits per heavy atom. The van der Waals surface area contributed by atoms with E-state index >= 15 is 0 Å². The molecule has 0 saturated heterocycles. The summed E-state index contributed by atoms with van der Waals surface area (Å²) in [6, 6.07) is 4.33. The number of pyridine rings is 1. The lowest BCUT2D eigenvalue weighted by Crippen LogP contribution is -2.44. The van der Waals surface area contributed by atoms with Gasteiger partial charge in [-0.05, 0) is 26.0 Å². The van der Waals surface area contributed by atoms with Gasteiger partial charge in [0.1, 0.15) is 17.5 Å². The zero-order valence-corrected chi connectivity index (χ0v) is 8.67. The predicted octanol–water partition coefficient (Wildman–Crippen LogP) is 2.67. The number of nitriles is 1. The fraction of sp³-hybridized carbons (Fsp3) is 0.400. The van der Waals surface area contributed by atoms with E-state index in [1.54, 1.807) is 6.07 Å². The first-order valence-electron chi connectivity index (χ1n) is 4.38. The molecule has 86 valence electrons. The number of halogens is 3. The quantitative estimate of drug-likeness (QED) is 0.784. The van der Waals surface area contributed by atoms with Gasteiger partial charge in [-0.1, -0.05) is 0 Å². The molecule has 1 heterocycles. The molecule has 0 saturated carbocycles. The molecular weight excluding hydrogens is 221 g/mol. The second-order valence-electron chi connectivity index (χ2n) is 3.60. The van der Waals surface area contributed by atoms with Crippen LogP contribution in [0.5, 0.6) is 5.75 Å². The maximum atomic E-state index is 12.5. The van der Waals surface area contributed by atoms with Crippen LogP contribution in [0, 0.1) is 11.3 Å². The molecule has 0 aliphatic carbocycles. The van der Waals surface area contributed by atoms with Crippen molar-refractivity contribution < 1.29 is 17.9 Å². The van der Waals surface area contributed by atoms with Gasteiger partial charge in [0.25, 0.3) is 0 Å².